The quantitative estimate of drug-likeness (QED) is 0.315. The SMILES string of the molecule is Clc1ccc([C@@]2(Cn3ccnc3)OC[C@@H](COc3ccc(-c4ccccc4)cc3)O2)c(Cl)c1. The molecule has 1 saturated heterocycles. The standard InChI is InChI=1S/C26H22Cl2N2O3/c27-21-8-11-24(25(28)14-21)26(17-30-13-12-29-18-30)32-16-23(33-26)15-31-22-9-6-20(7-10-22)19-4-2-1-3-5-19/h1-14,18,23H,15-17H2/t23-,26+/m1/s1. The van der Waals surface area contributed by atoms with Crippen LogP contribution in [0.3, 0.4) is 0 Å². The molecule has 33 heavy (non-hydrogen) atoms. The van der Waals surface area contributed by atoms with E-state index in [2.05, 4.69) is 17.1 Å². The van der Waals surface area contributed by atoms with Crippen LogP contribution in [-0.2, 0) is 21.8 Å². The van der Waals surface area contributed by atoms with Crippen molar-refractivity contribution in [3.05, 3.63) is 107 Å². The highest BCUT2D eigenvalue weighted by molar-refractivity contribution is 6.35. The van der Waals surface area contributed by atoms with Gasteiger partial charge in [0.05, 0.1) is 24.5 Å². The zero-order valence-electron chi connectivity index (χ0n) is 17.7. The first-order chi connectivity index (χ1) is 16.1. The Morgan fingerprint density at radius 1 is 1.00 bits per heavy atom. The summed E-state index contributed by atoms with van der Waals surface area (Å²) in [4.78, 5) is 4.12. The Hall–Kier alpha value is -2.83. The normalized spacial score (nSPS) is 20.1. The first-order valence-corrected chi connectivity index (χ1v) is 11.4. The molecule has 168 valence electrons. The van der Waals surface area contributed by atoms with Gasteiger partial charge in [0, 0.05) is 23.0 Å². The smallest absolute Gasteiger partial charge is 0.215 e. The third kappa shape index (κ3) is 4.92. The molecule has 0 bridgehead atoms. The van der Waals surface area contributed by atoms with Crippen molar-refractivity contribution in [2.45, 2.75) is 18.4 Å². The van der Waals surface area contributed by atoms with Crippen molar-refractivity contribution in [3.8, 4) is 16.9 Å². The molecule has 2 heterocycles. The van der Waals surface area contributed by atoms with E-state index in [1.54, 1.807) is 24.7 Å². The number of ether oxygens (including phenoxy) is 3. The van der Waals surface area contributed by atoms with E-state index in [9.17, 15) is 0 Å². The molecule has 0 amide bonds. The van der Waals surface area contributed by atoms with Crippen LogP contribution in [-0.4, -0.2) is 28.9 Å². The molecule has 1 aliphatic rings. The molecule has 0 N–H and O–H groups in total. The lowest BCUT2D eigenvalue weighted by atomic mass is 10.1. The van der Waals surface area contributed by atoms with Gasteiger partial charge in [-0.3, -0.25) is 0 Å². The molecular weight excluding hydrogens is 459 g/mol. The highest BCUT2D eigenvalue weighted by atomic mass is 35.5. The second kappa shape index (κ2) is 9.57. The number of halogens is 2. The molecule has 2 atom stereocenters. The predicted octanol–water partition coefficient (Wildman–Crippen LogP) is 6.20. The monoisotopic (exact) mass is 480 g/mol. The maximum atomic E-state index is 6.52. The maximum absolute atomic E-state index is 6.52. The number of hydrogen-bond donors (Lipinski definition) is 0. The van der Waals surface area contributed by atoms with Crippen LogP contribution < -0.4 is 4.74 Å². The Kier molecular flexibility index (Phi) is 6.38. The highest BCUT2D eigenvalue weighted by Gasteiger charge is 2.45. The second-order valence-electron chi connectivity index (χ2n) is 7.86. The van der Waals surface area contributed by atoms with Crippen molar-refractivity contribution >= 4 is 23.2 Å². The van der Waals surface area contributed by atoms with Crippen LogP contribution in [0.2, 0.25) is 10.0 Å². The Labute approximate surface area is 202 Å². The predicted molar refractivity (Wildman–Crippen MR) is 129 cm³/mol. The molecule has 4 aromatic rings. The van der Waals surface area contributed by atoms with E-state index in [0.717, 1.165) is 16.9 Å². The fraction of sp³-hybridized carbons (Fsp3) is 0.192. The van der Waals surface area contributed by atoms with E-state index >= 15 is 0 Å². The van der Waals surface area contributed by atoms with Crippen LogP contribution in [0.1, 0.15) is 5.56 Å². The zero-order chi connectivity index (χ0) is 22.7. The van der Waals surface area contributed by atoms with Gasteiger partial charge in [0.25, 0.3) is 0 Å². The van der Waals surface area contributed by atoms with Gasteiger partial charge < -0.3 is 18.8 Å². The van der Waals surface area contributed by atoms with Gasteiger partial charge in [-0.15, -0.1) is 0 Å². The van der Waals surface area contributed by atoms with Gasteiger partial charge in [0.15, 0.2) is 0 Å². The van der Waals surface area contributed by atoms with Crippen molar-refractivity contribution in [1.29, 1.82) is 0 Å². The summed E-state index contributed by atoms with van der Waals surface area (Å²) in [7, 11) is 0. The Balaban J connectivity index is 1.29. The summed E-state index contributed by atoms with van der Waals surface area (Å²) in [6.07, 6.45) is 5.02. The van der Waals surface area contributed by atoms with E-state index in [1.165, 1.54) is 5.56 Å². The molecule has 0 saturated carbocycles. The minimum Gasteiger partial charge on any atom is -0.491 e. The minimum atomic E-state index is -1.06. The van der Waals surface area contributed by atoms with Crippen LogP contribution in [0.25, 0.3) is 11.1 Å². The molecule has 0 aliphatic carbocycles. The molecule has 1 aromatic heterocycles. The molecule has 5 rings (SSSR count). The van der Waals surface area contributed by atoms with Crippen LogP contribution >= 0.6 is 23.2 Å². The number of benzene rings is 3. The second-order valence-corrected chi connectivity index (χ2v) is 8.71. The number of nitrogens with zero attached hydrogens (tertiary/aromatic N) is 2. The van der Waals surface area contributed by atoms with Gasteiger partial charge >= 0.3 is 0 Å². The molecule has 5 nitrogen and oxygen atoms in total. The first-order valence-electron chi connectivity index (χ1n) is 10.6. The summed E-state index contributed by atoms with van der Waals surface area (Å²) in [5.74, 6) is -0.289. The van der Waals surface area contributed by atoms with Gasteiger partial charge in [-0.2, -0.15) is 0 Å². The minimum absolute atomic E-state index is 0.269. The van der Waals surface area contributed by atoms with E-state index in [0.29, 0.717) is 29.8 Å². The van der Waals surface area contributed by atoms with Gasteiger partial charge in [0.1, 0.15) is 18.5 Å². The summed E-state index contributed by atoms with van der Waals surface area (Å²) >= 11 is 12.6. The van der Waals surface area contributed by atoms with Gasteiger partial charge in [-0.25, -0.2) is 4.98 Å². The van der Waals surface area contributed by atoms with E-state index in [1.807, 2.05) is 59.3 Å². The first kappa shape index (κ1) is 22.0. The largest absolute Gasteiger partial charge is 0.491 e. The zero-order valence-corrected chi connectivity index (χ0v) is 19.2. The van der Waals surface area contributed by atoms with Crippen molar-refractivity contribution in [1.82, 2.24) is 9.55 Å². The number of aromatic nitrogens is 2. The molecule has 0 radical (unpaired) electrons. The fourth-order valence-electron chi connectivity index (χ4n) is 3.94. The Morgan fingerprint density at radius 3 is 2.52 bits per heavy atom. The molecule has 1 fully saturated rings. The summed E-state index contributed by atoms with van der Waals surface area (Å²) in [5, 5.41) is 1.04. The van der Waals surface area contributed by atoms with Crippen LogP contribution in [0.5, 0.6) is 5.75 Å². The average molecular weight is 481 g/mol. The fourth-order valence-corrected chi connectivity index (χ4v) is 4.49. The Morgan fingerprint density at radius 2 is 1.79 bits per heavy atom. The van der Waals surface area contributed by atoms with Crippen molar-refractivity contribution in [3.63, 3.8) is 0 Å². The maximum Gasteiger partial charge on any atom is 0.215 e. The third-order valence-corrected chi connectivity index (χ3v) is 6.10. The molecule has 0 unspecified atom stereocenters. The van der Waals surface area contributed by atoms with Crippen LogP contribution in [0.15, 0.2) is 91.5 Å². The lowest BCUT2D eigenvalue weighted by Gasteiger charge is -2.30. The number of imidazole rings is 1. The third-order valence-electron chi connectivity index (χ3n) is 5.55. The highest BCUT2D eigenvalue weighted by Crippen LogP contribution is 2.40. The summed E-state index contributed by atoms with van der Waals surface area (Å²) in [5.41, 5.74) is 3.03. The van der Waals surface area contributed by atoms with Crippen molar-refractivity contribution in [2.24, 2.45) is 0 Å². The number of rotatable bonds is 7. The van der Waals surface area contributed by atoms with E-state index < -0.39 is 5.79 Å². The Bertz CT molecular complexity index is 1200. The molecule has 3 aromatic carbocycles. The van der Waals surface area contributed by atoms with Crippen LogP contribution in [0, 0.1) is 0 Å². The molecule has 7 heteroatoms. The average Bonchev–Trinajstić information content (AvgIpc) is 3.49. The number of hydrogen-bond acceptors (Lipinski definition) is 4. The van der Waals surface area contributed by atoms with Crippen LogP contribution in [0.4, 0.5) is 0 Å². The summed E-state index contributed by atoms with van der Waals surface area (Å²) < 4.78 is 20.6. The van der Waals surface area contributed by atoms with Gasteiger partial charge in [0.2, 0.25) is 5.79 Å². The lowest BCUT2D eigenvalue weighted by molar-refractivity contribution is -0.189. The van der Waals surface area contributed by atoms with Gasteiger partial charge in [-0.05, 0) is 35.4 Å². The van der Waals surface area contributed by atoms with Crippen molar-refractivity contribution < 1.29 is 14.2 Å². The van der Waals surface area contributed by atoms with Gasteiger partial charge in [-0.1, -0.05) is 71.7 Å². The summed E-state index contributed by atoms with van der Waals surface area (Å²) in [6, 6.07) is 23.6. The lowest BCUT2D eigenvalue weighted by Crippen LogP contribution is -2.34. The van der Waals surface area contributed by atoms with Crippen molar-refractivity contribution in [2.75, 3.05) is 13.2 Å². The van der Waals surface area contributed by atoms with E-state index in [-0.39, 0.29) is 6.10 Å². The van der Waals surface area contributed by atoms with E-state index in [4.69, 9.17) is 37.4 Å². The molecule has 0 spiro atoms. The topological polar surface area (TPSA) is 45.5 Å². The summed E-state index contributed by atoms with van der Waals surface area (Å²) in [6.45, 7) is 1.12. The molecule has 1 aliphatic heterocycles. The molecular formula is C26H22Cl2N2O3.